The Morgan fingerprint density at radius 3 is 2.71 bits per heavy atom. The topological polar surface area (TPSA) is 96.1 Å². The number of aliphatic hydroxyl groups is 1. The average Bonchev–Trinajstić information content (AvgIpc) is 2.68. The first-order valence-corrected chi connectivity index (χ1v) is 10.2. The summed E-state index contributed by atoms with van der Waals surface area (Å²) in [5.41, 5.74) is 9.95. The van der Waals surface area contributed by atoms with Crippen molar-refractivity contribution in [3.05, 3.63) is 53.7 Å². The molecule has 0 amide bonds. The number of rotatable bonds is 5. The molecule has 1 heterocycles. The van der Waals surface area contributed by atoms with Crippen LogP contribution in [0.5, 0.6) is 0 Å². The van der Waals surface area contributed by atoms with Crippen LogP contribution in [0.25, 0.3) is 5.70 Å². The van der Waals surface area contributed by atoms with Crippen LogP contribution in [0.3, 0.4) is 0 Å². The maximum atomic E-state index is 9.96. The van der Waals surface area contributed by atoms with Crippen molar-refractivity contribution in [1.82, 2.24) is 9.97 Å². The van der Waals surface area contributed by atoms with Gasteiger partial charge in [-0.25, -0.2) is 4.98 Å². The molecular weight excluding hydrogens is 350 g/mol. The Morgan fingerprint density at radius 2 is 1.93 bits per heavy atom. The number of aliphatic hydroxyl groups excluding tert-OH is 1. The molecule has 148 valence electrons. The normalized spacial score (nSPS) is 24.2. The minimum atomic E-state index is -0.252. The lowest BCUT2D eigenvalue weighted by Gasteiger charge is -2.28. The number of nitrogens with one attached hydrogen (secondary N) is 2. The van der Waals surface area contributed by atoms with E-state index in [-0.39, 0.29) is 12.1 Å². The minimum absolute atomic E-state index is 0.186. The largest absolute Gasteiger partial charge is 0.399 e. The maximum Gasteiger partial charge on any atom is 0.224 e. The molecule has 2 aromatic rings. The molecule has 3 atom stereocenters. The molecule has 0 radical (unpaired) electrons. The van der Waals surface area contributed by atoms with Gasteiger partial charge in [0.1, 0.15) is 5.82 Å². The molecule has 1 saturated carbocycles. The van der Waals surface area contributed by atoms with Gasteiger partial charge in [0.2, 0.25) is 5.95 Å². The van der Waals surface area contributed by atoms with Gasteiger partial charge in [0.25, 0.3) is 0 Å². The zero-order valence-corrected chi connectivity index (χ0v) is 16.2. The van der Waals surface area contributed by atoms with Gasteiger partial charge in [-0.3, -0.25) is 0 Å². The van der Waals surface area contributed by atoms with Crippen LogP contribution in [0.15, 0.2) is 37.0 Å². The Bertz CT molecular complexity index is 853. The number of anilines is 2. The summed E-state index contributed by atoms with van der Waals surface area (Å²) in [6.45, 7) is 3.85. The molecule has 2 aliphatic rings. The Morgan fingerprint density at radius 1 is 1.11 bits per heavy atom. The summed E-state index contributed by atoms with van der Waals surface area (Å²) in [5, 5.41) is 16.9. The molecule has 1 aromatic carbocycles. The van der Waals surface area contributed by atoms with E-state index < -0.39 is 0 Å². The molecule has 0 bridgehead atoms. The second-order valence-corrected chi connectivity index (χ2v) is 8.00. The number of fused-ring (bicyclic) bond motifs is 1. The van der Waals surface area contributed by atoms with Gasteiger partial charge in [-0.1, -0.05) is 30.8 Å². The lowest BCUT2D eigenvalue weighted by atomic mass is 9.88. The number of hydrogen-bond donors (Lipinski definition) is 4. The quantitative estimate of drug-likeness (QED) is 0.638. The number of nitrogens with two attached hydrogens (primary N) is 1. The fourth-order valence-corrected chi connectivity index (χ4v) is 4.29. The summed E-state index contributed by atoms with van der Waals surface area (Å²) in [5.74, 6) is 1.30. The Kier molecular flexibility index (Phi) is 5.48. The van der Waals surface area contributed by atoms with E-state index in [1.54, 1.807) is 6.20 Å². The van der Waals surface area contributed by atoms with Gasteiger partial charge in [-0.05, 0) is 56.1 Å². The maximum absolute atomic E-state index is 9.96. The van der Waals surface area contributed by atoms with Crippen molar-refractivity contribution < 1.29 is 5.11 Å². The van der Waals surface area contributed by atoms with Gasteiger partial charge in [0.05, 0.1) is 11.7 Å². The summed E-state index contributed by atoms with van der Waals surface area (Å²) in [4.78, 5) is 9.17. The number of nitrogens with zero attached hydrogens (tertiary/aromatic N) is 2. The van der Waals surface area contributed by atoms with Crippen molar-refractivity contribution in [3.63, 3.8) is 0 Å². The molecular formula is C22H29N5O. The predicted molar refractivity (Wildman–Crippen MR) is 113 cm³/mol. The molecule has 0 saturated heterocycles. The Hall–Kier alpha value is -2.60. The fraction of sp³-hybridized carbons (Fsp3) is 0.455. The number of aromatic nitrogens is 2. The van der Waals surface area contributed by atoms with E-state index in [4.69, 9.17) is 10.7 Å². The van der Waals surface area contributed by atoms with Crippen LogP contribution in [-0.4, -0.2) is 33.3 Å². The van der Waals surface area contributed by atoms with Crippen molar-refractivity contribution in [2.24, 2.45) is 5.73 Å². The van der Waals surface area contributed by atoms with Crippen LogP contribution in [0.1, 0.15) is 48.8 Å². The van der Waals surface area contributed by atoms with Gasteiger partial charge in [0.15, 0.2) is 0 Å². The molecule has 2 aliphatic carbocycles. The zero-order chi connectivity index (χ0) is 19.5. The second kappa shape index (κ2) is 8.19. The lowest BCUT2D eigenvalue weighted by Crippen LogP contribution is -2.31. The van der Waals surface area contributed by atoms with Crippen molar-refractivity contribution in [2.45, 2.75) is 63.1 Å². The molecule has 4 rings (SSSR count). The second-order valence-electron chi connectivity index (χ2n) is 8.00. The molecule has 28 heavy (non-hydrogen) atoms. The molecule has 1 aromatic heterocycles. The van der Waals surface area contributed by atoms with E-state index in [0.717, 1.165) is 50.5 Å². The van der Waals surface area contributed by atoms with Gasteiger partial charge >= 0.3 is 0 Å². The third kappa shape index (κ3) is 4.28. The van der Waals surface area contributed by atoms with Gasteiger partial charge in [-0.2, -0.15) is 4.98 Å². The smallest absolute Gasteiger partial charge is 0.224 e. The molecule has 6 heteroatoms. The highest BCUT2D eigenvalue weighted by Crippen LogP contribution is 2.27. The van der Waals surface area contributed by atoms with E-state index in [1.807, 2.05) is 0 Å². The van der Waals surface area contributed by atoms with Crippen molar-refractivity contribution in [2.75, 3.05) is 10.6 Å². The summed E-state index contributed by atoms with van der Waals surface area (Å²) in [6.07, 6.45) is 8.20. The molecule has 1 fully saturated rings. The van der Waals surface area contributed by atoms with E-state index in [0.29, 0.717) is 23.5 Å². The molecule has 5 N–H and O–H groups in total. The monoisotopic (exact) mass is 379 g/mol. The first-order chi connectivity index (χ1) is 13.6. The van der Waals surface area contributed by atoms with Gasteiger partial charge in [0, 0.05) is 24.0 Å². The summed E-state index contributed by atoms with van der Waals surface area (Å²) < 4.78 is 0. The first-order valence-electron chi connectivity index (χ1n) is 10.2. The molecule has 0 aliphatic heterocycles. The first kappa shape index (κ1) is 18.7. The van der Waals surface area contributed by atoms with Crippen LogP contribution in [0.2, 0.25) is 0 Å². The van der Waals surface area contributed by atoms with Crippen LogP contribution < -0.4 is 16.4 Å². The SMILES string of the molecule is C=C(N)c1cnc(N[C@H]2CCc3ccccc3C2)nc1N[C@@H]1CCC[C@H](O)C1. The van der Waals surface area contributed by atoms with Crippen LogP contribution in [-0.2, 0) is 12.8 Å². The van der Waals surface area contributed by atoms with Crippen molar-refractivity contribution in [1.29, 1.82) is 0 Å². The molecule has 0 spiro atoms. The Balaban J connectivity index is 1.49. The third-order valence-electron chi connectivity index (χ3n) is 5.80. The predicted octanol–water partition coefficient (Wildman–Crippen LogP) is 3.09. The highest BCUT2D eigenvalue weighted by atomic mass is 16.3. The summed E-state index contributed by atoms with van der Waals surface area (Å²) in [7, 11) is 0. The molecule has 0 unspecified atom stereocenters. The fourth-order valence-electron chi connectivity index (χ4n) is 4.29. The van der Waals surface area contributed by atoms with E-state index in [9.17, 15) is 5.11 Å². The third-order valence-corrected chi connectivity index (χ3v) is 5.80. The average molecular weight is 380 g/mol. The van der Waals surface area contributed by atoms with E-state index in [1.165, 1.54) is 11.1 Å². The number of hydrogen-bond acceptors (Lipinski definition) is 6. The van der Waals surface area contributed by atoms with Crippen LogP contribution >= 0.6 is 0 Å². The molecule has 6 nitrogen and oxygen atoms in total. The highest BCUT2D eigenvalue weighted by Gasteiger charge is 2.23. The van der Waals surface area contributed by atoms with Crippen LogP contribution in [0, 0.1) is 0 Å². The standard InChI is InChI=1S/C22H29N5O/c1-14(23)20-13-24-22(27-21(20)25-17-7-4-8-19(28)12-17)26-18-10-9-15-5-2-3-6-16(15)11-18/h2-3,5-6,13,17-19,28H,1,4,7-12,23H2,(H2,24,25,26,27)/t17-,18+,19+/m1/s1. The Labute approximate surface area is 166 Å². The minimum Gasteiger partial charge on any atom is -0.399 e. The van der Waals surface area contributed by atoms with Crippen molar-refractivity contribution in [3.8, 4) is 0 Å². The zero-order valence-electron chi connectivity index (χ0n) is 16.2. The van der Waals surface area contributed by atoms with Crippen molar-refractivity contribution >= 4 is 17.5 Å². The van der Waals surface area contributed by atoms with Gasteiger partial charge < -0.3 is 21.5 Å². The highest BCUT2D eigenvalue weighted by molar-refractivity contribution is 5.71. The summed E-state index contributed by atoms with van der Waals surface area (Å²) >= 11 is 0. The number of aryl methyl sites for hydroxylation is 1. The van der Waals surface area contributed by atoms with E-state index >= 15 is 0 Å². The summed E-state index contributed by atoms with van der Waals surface area (Å²) in [6, 6.07) is 9.11. The van der Waals surface area contributed by atoms with Crippen LogP contribution in [0.4, 0.5) is 11.8 Å². The van der Waals surface area contributed by atoms with Gasteiger partial charge in [-0.15, -0.1) is 0 Å². The van der Waals surface area contributed by atoms with E-state index in [2.05, 4.69) is 46.5 Å². The lowest BCUT2D eigenvalue weighted by molar-refractivity contribution is 0.124. The number of benzene rings is 1.